The molecule has 1 aliphatic carbocycles. The van der Waals surface area contributed by atoms with Crippen molar-refractivity contribution in [3.63, 3.8) is 0 Å². The summed E-state index contributed by atoms with van der Waals surface area (Å²) < 4.78 is 5.27. The zero-order valence-electron chi connectivity index (χ0n) is 6.72. The summed E-state index contributed by atoms with van der Waals surface area (Å²) in [5, 5.41) is 2.68. The van der Waals surface area contributed by atoms with Crippen LogP contribution in [0.1, 0.15) is 12.8 Å². The van der Waals surface area contributed by atoms with Gasteiger partial charge in [0, 0.05) is 25.0 Å². The average molecular weight is 155 g/mol. The average Bonchev–Trinajstić information content (AvgIpc) is 2.48. The van der Waals surface area contributed by atoms with E-state index in [-0.39, 0.29) is 17.2 Å². The summed E-state index contributed by atoms with van der Waals surface area (Å²) in [6.45, 7) is 1.64. The van der Waals surface area contributed by atoms with Crippen molar-refractivity contribution < 1.29 is 9.53 Å². The molecule has 2 aliphatic rings. The first-order valence-electron chi connectivity index (χ1n) is 4.08. The van der Waals surface area contributed by atoms with Gasteiger partial charge in [-0.3, -0.25) is 4.79 Å². The van der Waals surface area contributed by atoms with Crippen LogP contribution >= 0.6 is 0 Å². The van der Waals surface area contributed by atoms with Crippen molar-refractivity contribution in [2.75, 3.05) is 20.3 Å². The molecule has 2 fully saturated rings. The second-order valence-corrected chi connectivity index (χ2v) is 3.54. The number of amides is 1. The smallest absolute Gasteiger partial charge is 0.223 e. The first kappa shape index (κ1) is 7.10. The van der Waals surface area contributed by atoms with Gasteiger partial charge in [0.1, 0.15) is 0 Å². The lowest BCUT2D eigenvalue weighted by Gasteiger charge is -2.03. The van der Waals surface area contributed by atoms with E-state index in [4.69, 9.17) is 4.74 Å². The minimum Gasteiger partial charge on any atom is -0.381 e. The number of carbonyl (C=O) groups excluding carboxylic acids is 1. The first-order chi connectivity index (χ1) is 5.28. The maximum absolute atomic E-state index is 11.2. The van der Waals surface area contributed by atoms with Gasteiger partial charge in [0.15, 0.2) is 0 Å². The minimum atomic E-state index is 0.190. The number of carbonyl (C=O) groups is 1. The molecule has 1 N–H and O–H groups in total. The molecule has 0 bridgehead atoms. The lowest BCUT2D eigenvalue weighted by molar-refractivity contribution is -0.122. The molecular formula is C8H13NO2. The van der Waals surface area contributed by atoms with Gasteiger partial charge in [-0.25, -0.2) is 0 Å². The lowest BCUT2D eigenvalue weighted by Crippen LogP contribution is -2.23. The van der Waals surface area contributed by atoms with Gasteiger partial charge in [-0.2, -0.15) is 0 Å². The number of hydrogen-bond acceptors (Lipinski definition) is 2. The fourth-order valence-electron chi connectivity index (χ4n) is 1.95. The summed E-state index contributed by atoms with van der Waals surface area (Å²) in [5.74, 6) is 0.436. The molecule has 3 heteroatoms. The van der Waals surface area contributed by atoms with Crippen LogP contribution in [0, 0.1) is 11.3 Å². The van der Waals surface area contributed by atoms with Gasteiger partial charge in [0.05, 0.1) is 6.61 Å². The summed E-state index contributed by atoms with van der Waals surface area (Å²) in [6.07, 6.45) is 2.11. The van der Waals surface area contributed by atoms with Crippen LogP contribution in [0.2, 0.25) is 0 Å². The molecule has 1 aliphatic heterocycles. The van der Waals surface area contributed by atoms with Crippen molar-refractivity contribution in [2.24, 2.45) is 11.3 Å². The molecule has 1 saturated carbocycles. The van der Waals surface area contributed by atoms with Crippen LogP contribution in [-0.2, 0) is 9.53 Å². The van der Waals surface area contributed by atoms with Crippen molar-refractivity contribution in [3.05, 3.63) is 0 Å². The Balaban J connectivity index is 1.97. The first-order valence-corrected chi connectivity index (χ1v) is 4.08. The lowest BCUT2D eigenvalue weighted by atomic mass is 10.0. The Morgan fingerprint density at radius 3 is 3.09 bits per heavy atom. The molecule has 2 unspecified atom stereocenters. The highest BCUT2D eigenvalue weighted by atomic mass is 16.5. The molecule has 0 aromatic carbocycles. The fourth-order valence-corrected chi connectivity index (χ4v) is 1.95. The molecule has 0 aromatic rings. The summed E-state index contributed by atoms with van der Waals surface area (Å²) in [5.41, 5.74) is 0.250. The number of hydrogen-bond donors (Lipinski definition) is 1. The largest absolute Gasteiger partial charge is 0.381 e. The number of nitrogens with one attached hydrogen (secondary N) is 1. The molecule has 2 atom stereocenters. The summed E-state index contributed by atoms with van der Waals surface area (Å²) >= 11 is 0. The Morgan fingerprint density at radius 2 is 2.55 bits per heavy atom. The molecule has 1 heterocycles. The Labute approximate surface area is 66.1 Å². The molecule has 3 nitrogen and oxygen atoms in total. The van der Waals surface area contributed by atoms with Crippen molar-refractivity contribution in [2.45, 2.75) is 12.8 Å². The maximum atomic E-state index is 11.2. The van der Waals surface area contributed by atoms with Crippen molar-refractivity contribution in [1.29, 1.82) is 0 Å². The molecule has 1 amide bonds. The molecule has 0 aromatic heterocycles. The van der Waals surface area contributed by atoms with Crippen molar-refractivity contribution >= 4 is 5.91 Å². The highest BCUT2D eigenvalue weighted by Crippen LogP contribution is 2.57. The zero-order chi connectivity index (χ0) is 7.90. The summed E-state index contributed by atoms with van der Waals surface area (Å²) in [7, 11) is 1.70. The molecule has 2 rings (SSSR count). The van der Waals surface area contributed by atoms with Crippen LogP contribution in [0.25, 0.3) is 0 Å². The zero-order valence-corrected chi connectivity index (χ0v) is 6.72. The SMILES string of the molecule is CNC(=O)C1CC12CCOC2. The van der Waals surface area contributed by atoms with Crippen molar-refractivity contribution in [3.8, 4) is 0 Å². The maximum Gasteiger partial charge on any atom is 0.223 e. The van der Waals surface area contributed by atoms with Crippen LogP contribution in [0.15, 0.2) is 0 Å². The van der Waals surface area contributed by atoms with E-state index in [1.165, 1.54) is 0 Å². The highest BCUT2D eigenvalue weighted by molar-refractivity contribution is 5.82. The molecule has 1 saturated heterocycles. The van der Waals surface area contributed by atoms with E-state index < -0.39 is 0 Å². The number of rotatable bonds is 1. The van der Waals surface area contributed by atoms with Gasteiger partial charge >= 0.3 is 0 Å². The van der Waals surface area contributed by atoms with E-state index >= 15 is 0 Å². The number of ether oxygens (including phenoxy) is 1. The quantitative estimate of drug-likeness (QED) is 0.585. The standard InChI is InChI=1S/C8H13NO2/c1-9-7(10)6-4-8(6)2-3-11-5-8/h6H,2-5H2,1H3,(H,9,10). The third-order valence-corrected chi connectivity index (χ3v) is 2.89. The second-order valence-electron chi connectivity index (χ2n) is 3.54. The van der Waals surface area contributed by atoms with Crippen LogP contribution in [0.5, 0.6) is 0 Å². The van der Waals surface area contributed by atoms with Gasteiger partial charge in [-0.1, -0.05) is 0 Å². The van der Waals surface area contributed by atoms with Gasteiger partial charge in [0.2, 0.25) is 5.91 Å². The van der Waals surface area contributed by atoms with E-state index in [0.29, 0.717) is 0 Å². The monoisotopic (exact) mass is 155 g/mol. The molecule has 1 spiro atoms. The van der Waals surface area contributed by atoms with E-state index in [1.54, 1.807) is 7.05 Å². The summed E-state index contributed by atoms with van der Waals surface area (Å²) in [4.78, 5) is 11.2. The van der Waals surface area contributed by atoms with Crippen LogP contribution in [0.3, 0.4) is 0 Å². The van der Waals surface area contributed by atoms with Crippen LogP contribution < -0.4 is 5.32 Å². The third kappa shape index (κ3) is 0.948. The van der Waals surface area contributed by atoms with Crippen LogP contribution in [-0.4, -0.2) is 26.2 Å². The van der Waals surface area contributed by atoms with E-state index in [2.05, 4.69) is 5.32 Å². The van der Waals surface area contributed by atoms with Crippen LogP contribution in [0.4, 0.5) is 0 Å². The summed E-state index contributed by atoms with van der Waals surface area (Å²) in [6, 6.07) is 0. The normalized spacial score (nSPS) is 41.0. The van der Waals surface area contributed by atoms with Gasteiger partial charge < -0.3 is 10.1 Å². The Bertz CT molecular complexity index is 185. The predicted octanol–water partition coefficient (Wildman–Crippen LogP) is 0.159. The predicted molar refractivity (Wildman–Crippen MR) is 40.0 cm³/mol. The van der Waals surface area contributed by atoms with E-state index in [1.807, 2.05) is 0 Å². The highest BCUT2D eigenvalue weighted by Gasteiger charge is 2.59. The van der Waals surface area contributed by atoms with Gasteiger partial charge in [0.25, 0.3) is 0 Å². The molecular weight excluding hydrogens is 142 g/mol. The van der Waals surface area contributed by atoms with Gasteiger partial charge in [-0.05, 0) is 12.8 Å². The fraction of sp³-hybridized carbons (Fsp3) is 0.875. The third-order valence-electron chi connectivity index (χ3n) is 2.89. The van der Waals surface area contributed by atoms with E-state index in [0.717, 1.165) is 26.1 Å². The molecule has 11 heavy (non-hydrogen) atoms. The van der Waals surface area contributed by atoms with Gasteiger partial charge in [-0.15, -0.1) is 0 Å². The Hall–Kier alpha value is -0.570. The topological polar surface area (TPSA) is 38.3 Å². The minimum absolute atomic E-state index is 0.190. The Morgan fingerprint density at radius 1 is 1.73 bits per heavy atom. The second kappa shape index (κ2) is 2.21. The Kier molecular flexibility index (Phi) is 1.42. The molecule has 62 valence electrons. The van der Waals surface area contributed by atoms with E-state index in [9.17, 15) is 4.79 Å². The molecule has 0 radical (unpaired) electrons. The van der Waals surface area contributed by atoms with Crippen molar-refractivity contribution in [1.82, 2.24) is 5.32 Å².